The van der Waals surface area contributed by atoms with Gasteiger partial charge in [-0.3, -0.25) is 9.59 Å². The Morgan fingerprint density at radius 2 is 2.00 bits per heavy atom. The number of carbonyl (C=O) groups excluding carboxylic acids is 2. The van der Waals surface area contributed by atoms with E-state index in [9.17, 15) is 9.59 Å². The molecule has 1 aromatic heterocycles. The average Bonchev–Trinajstić information content (AvgIpc) is 2.70. The zero-order valence-electron chi connectivity index (χ0n) is 15.0. The van der Waals surface area contributed by atoms with E-state index in [0.29, 0.717) is 42.3 Å². The van der Waals surface area contributed by atoms with E-state index < -0.39 is 5.91 Å². The number of rotatable bonds is 6. The van der Waals surface area contributed by atoms with Crippen LogP contribution >= 0.6 is 0 Å². The molecule has 2 atom stereocenters. The molecular formula is C19H22N4O4. The van der Waals surface area contributed by atoms with Crippen LogP contribution in [0.5, 0.6) is 5.75 Å². The van der Waals surface area contributed by atoms with Crippen molar-refractivity contribution in [2.24, 2.45) is 5.73 Å². The van der Waals surface area contributed by atoms with Crippen LogP contribution in [-0.2, 0) is 4.74 Å². The SMILES string of the molecule is CNc1cc(C(=O)N[C@@H]2COCC[C@H]2Oc2ccc(C(N)=O)cc2)ccn1. The predicted octanol–water partition coefficient (Wildman–Crippen LogP) is 1.19. The topological polar surface area (TPSA) is 116 Å². The lowest BCUT2D eigenvalue weighted by Gasteiger charge is -2.32. The minimum atomic E-state index is -0.490. The molecule has 142 valence electrons. The number of nitrogens with two attached hydrogens (primary N) is 1. The maximum absolute atomic E-state index is 12.6. The molecule has 0 bridgehead atoms. The molecule has 1 aromatic carbocycles. The number of primary amides is 1. The molecule has 2 heterocycles. The molecule has 3 rings (SSSR count). The van der Waals surface area contributed by atoms with E-state index in [-0.39, 0.29) is 18.1 Å². The smallest absolute Gasteiger partial charge is 0.251 e. The highest BCUT2D eigenvalue weighted by Crippen LogP contribution is 2.19. The third kappa shape index (κ3) is 4.73. The summed E-state index contributed by atoms with van der Waals surface area (Å²) in [4.78, 5) is 27.8. The average molecular weight is 370 g/mol. The van der Waals surface area contributed by atoms with Crippen LogP contribution in [0.4, 0.5) is 5.82 Å². The standard InChI is InChI=1S/C19H22N4O4/c1-21-17-10-13(6-8-22-17)19(25)23-15-11-26-9-7-16(15)27-14-4-2-12(3-5-14)18(20)24/h2-6,8,10,15-16H,7,9,11H2,1H3,(H2,20,24)(H,21,22)(H,23,25)/t15-,16-/m1/s1. The molecule has 8 nitrogen and oxygen atoms in total. The summed E-state index contributed by atoms with van der Waals surface area (Å²) in [5, 5.41) is 5.87. The molecule has 8 heteroatoms. The summed E-state index contributed by atoms with van der Waals surface area (Å²) in [6.45, 7) is 0.912. The molecule has 2 aromatic rings. The van der Waals surface area contributed by atoms with Crippen LogP contribution in [-0.4, -0.2) is 49.2 Å². The fourth-order valence-electron chi connectivity index (χ4n) is 2.83. The number of hydrogen-bond donors (Lipinski definition) is 3. The fourth-order valence-corrected chi connectivity index (χ4v) is 2.83. The van der Waals surface area contributed by atoms with Gasteiger partial charge in [-0.05, 0) is 36.4 Å². The molecule has 0 aliphatic carbocycles. The van der Waals surface area contributed by atoms with E-state index in [1.807, 2.05) is 0 Å². The first-order chi connectivity index (χ1) is 13.1. The molecule has 0 spiro atoms. The third-order valence-electron chi connectivity index (χ3n) is 4.31. The van der Waals surface area contributed by atoms with Crippen molar-refractivity contribution in [3.63, 3.8) is 0 Å². The lowest BCUT2D eigenvalue weighted by Crippen LogP contribution is -2.51. The molecule has 0 unspecified atom stereocenters. The van der Waals surface area contributed by atoms with Crippen molar-refractivity contribution in [2.45, 2.75) is 18.6 Å². The van der Waals surface area contributed by atoms with Crippen LogP contribution in [0.2, 0.25) is 0 Å². The highest BCUT2D eigenvalue weighted by molar-refractivity contribution is 5.95. The second-order valence-electron chi connectivity index (χ2n) is 6.17. The molecule has 1 aliphatic heterocycles. The summed E-state index contributed by atoms with van der Waals surface area (Å²) in [5.41, 5.74) is 6.17. The number of amides is 2. The highest BCUT2D eigenvalue weighted by atomic mass is 16.5. The van der Waals surface area contributed by atoms with Crippen LogP contribution in [0.3, 0.4) is 0 Å². The minimum absolute atomic E-state index is 0.220. The summed E-state index contributed by atoms with van der Waals surface area (Å²) in [6, 6.07) is 9.64. The summed E-state index contributed by atoms with van der Waals surface area (Å²) >= 11 is 0. The number of anilines is 1. The maximum Gasteiger partial charge on any atom is 0.251 e. The molecule has 1 aliphatic rings. The molecule has 2 amide bonds. The van der Waals surface area contributed by atoms with Crippen molar-refractivity contribution in [3.05, 3.63) is 53.7 Å². The van der Waals surface area contributed by atoms with Gasteiger partial charge in [0.05, 0.1) is 19.3 Å². The molecule has 1 saturated heterocycles. The Hall–Kier alpha value is -3.13. The van der Waals surface area contributed by atoms with E-state index in [1.165, 1.54) is 0 Å². The Balaban J connectivity index is 1.67. The van der Waals surface area contributed by atoms with Crippen LogP contribution in [0.25, 0.3) is 0 Å². The van der Waals surface area contributed by atoms with Crippen LogP contribution in [0, 0.1) is 0 Å². The van der Waals surface area contributed by atoms with E-state index in [1.54, 1.807) is 49.6 Å². The van der Waals surface area contributed by atoms with Gasteiger partial charge in [-0.25, -0.2) is 4.98 Å². The monoisotopic (exact) mass is 370 g/mol. The Bertz CT molecular complexity index is 810. The first-order valence-corrected chi connectivity index (χ1v) is 8.66. The number of nitrogens with zero attached hydrogens (tertiary/aromatic N) is 1. The van der Waals surface area contributed by atoms with E-state index in [0.717, 1.165) is 0 Å². The first-order valence-electron chi connectivity index (χ1n) is 8.66. The largest absolute Gasteiger partial charge is 0.488 e. The Labute approximate surface area is 157 Å². The van der Waals surface area contributed by atoms with Crippen LogP contribution in [0.1, 0.15) is 27.1 Å². The van der Waals surface area contributed by atoms with Crippen molar-refractivity contribution < 1.29 is 19.1 Å². The number of carbonyl (C=O) groups is 2. The number of nitrogens with one attached hydrogen (secondary N) is 2. The van der Waals surface area contributed by atoms with Gasteiger partial charge in [0, 0.05) is 30.8 Å². The molecule has 1 fully saturated rings. The zero-order valence-corrected chi connectivity index (χ0v) is 15.0. The first kappa shape index (κ1) is 18.7. The number of aromatic nitrogens is 1. The normalized spacial score (nSPS) is 19.1. The molecule has 0 saturated carbocycles. The predicted molar refractivity (Wildman–Crippen MR) is 99.8 cm³/mol. The van der Waals surface area contributed by atoms with E-state index in [4.69, 9.17) is 15.2 Å². The fraction of sp³-hybridized carbons (Fsp3) is 0.316. The Kier molecular flexibility index (Phi) is 5.87. The quantitative estimate of drug-likeness (QED) is 0.703. The van der Waals surface area contributed by atoms with Gasteiger partial charge in [0.25, 0.3) is 5.91 Å². The van der Waals surface area contributed by atoms with Crippen LogP contribution < -0.4 is 21.1 Å². The van der Waals surface area contributed by atoms with Gasteiger partial charge in [-0.15, -0.1) is 0 Å². The van der Waals surface area contributed by atoms with Crippen molar-refractivity contribution in [3.8, 4) is 5.75 Å². The molecule has 4 N–H and O–H groups in total. The summed E-state index contributed by atoms with van der Waals surface area (Å²) in [6.07, 6.45) is 1.97. The van der Waals surface area contributed by atoms with Gasteiger partial charge in [0.15, 0.2) is 0 Å². The zero-order chi connectivity index (χ0) is 19.2. The summed E-state index contributed by atoms with van der Waals surface area (Å²) in [5.74, 6) is 0.510. The lowest BCUT2D eigenvalue weighted by atomic mass is 10.1. The van der Waals surface area contributed by atoms with Crippen molar-refractivity contribution >= 4 is 17.6 Å². The minimum Gasteiger partial charge on any atom is -0.488 e. The van der Waals surface area contributed by atoms with Crippen LogP contribution in [0.15, 0.2) is 42.6 Å². The van der Waals surface area contributed by atoms with Gasteiger partial charge in [-0.2, -0.15) is 0 Å². The van der Waals surface area contributed by atoms with E-state index in [2.05, 4.69) is 15.6 Å². The number of hydrogen-bond acceptors (Lipinski definition) is 6. The highest BCUT2D eigenvalue weighted by Gasteiger charge is 2.29. The van der Waals surface area contributed by atoms with E-state index >= 15 is 0 Å². The summed E-state index contributed by atoms with van der Waals surface area (Å²) in [7, 11) is 1.74. The number of benzene rings is 1. The second-order valence-corrected chi connectivity index (χ2v) is 6.17. The molecule has 0 radical (unpaired) electrons. The van der Waals surface area contributed by atoms with Gasteiger partial charge < -0.3 is 25.8 Å². The number of ether oxygens (including phenoxy) is 2. The van der Waals surface area contributed by atoms with Gasteiger partial charge in [-0.1, -0.05) is 0 Å². The molecule has 27 heavy (non-hydrogen) atoms. The van der Waals surface area contributed by atoms with Gasteiger partial charge in [0.1, 0.15) is 17.7 Å². The maximum atomic E-state index is 12.6. The van der Waals surface area contributed by atoms with Crippen molar-refractivity contribution in [2.75, 3.05) is 25.6 Å². The molecular weight excluding hydrogens is 348 g/mol. The van der Waals surface area contributed by atoms with Crippen molar-refractivity contribution in [1.82, 2.24) is 10.3 Å². The summed E-state index contributed by atoms with van der Waals surface area (Å²) < 4.78 is 11.5. The van der Waals surface area contributed by atoms with Gasteiger partial charge >= 0.3 is 0 Å². The Morgan fingerprint density at radius 1 is 1.22 bits per heavy atom. The van der Waals surface area contributed by atoms with Gasteiger partial charge in [0.2, 0.25) is 5.91 Å². The Morgan fingerprint density at radius 3 is 2.70 bits per heavy atom. The number of pyridine rings is 1. The second kappa shape index (κ2) is 8.50. The lowest BCUT2D eigenvalue weighted by molar-refractivity contribution is -0.00288. The third-order valence-corrected chi connectivity index (χ3v) is 4.31. The van der Waals surface area contributed by atoms with Crippen molar-refractivity contribution in [1.29, 1.82) is 0 Å².